The number of aryl methyl sites for hydroxylation is 1. The van der Waals surface area contributed by atoms with Gasteiger partial charge in [-0.3, -0.25) is 4.79 Å². The van der Waals surface area contributed by atoms with E-state index in [2.05, 4.69) is 46.5 Å². The molecule has 0 aliphatic rings. The average Bonchev–Trinajstić information content (AvgIpc) is 2.78. The number of aromatic nitrogens is 2. The number of hydrogen-bond acceptors (Lipinski definition) is 1. The van der Waals surface area contributed by atoms with E-state index in [-0.39, 0.29) is 29.9 Å². The Labute approximate surface area is 153 Å². The molecule has 0 bridgehead atoms. The van der Waals surface area contributed by atoms with E-state index >= 15 is 0 Å². The first kappa shape index (κ1) is 17.5. The van der Waals surface area contributed by atoms with Crippen molar-refractivity contribution in [2.45, 2.75) is 27.3 Å². The third kappa shape index (κ3) is 3.24. The zero-order valence-electron chi connectivity index (χ0n) is 13.5. The highest BCUT2D eigenvalue weighted by Crippen LogP contribution is 2.23. The van der Waals surface area contributed by atoms with Crippen molar-refractivity contribution in [1.82, 2.24) is 4.57 Å². The van der Waals surface area contributed by atoms with E-state index in [1.807, 2.05) is 30.3 Å². The Bertz CT molecular complexity index is 840. The monoisotopic (exact) mass is 421 g/mol. The second-order valence-corrected chi connectivity index (χ2v) is 5.35. The van der Waals surface area contributed by atoms with E-state index in [0.29, 0.717) is 0 Å². The summed E-state index contributed by atoms with van der Waals surface area (Å²) in [7, 11) is 0. The van der Waals surface area contributed by atoms with Crippen molar-refractivity contribution in [2.24, 2.45) is 0 Å². The maximum atomic E-state index is 11.3. The molecule has 4 nitrogen and oxygen atoms in total. The van der Waals surface area contributed by atoms with Gasteiger partial charge in [-0.15, -0.1) is 0 Å². The van der Waals surface area contributed by atoms with Crippen LogP contribution in [0.4, 0.5) is 5.69 Å². The van der Waals surface area contributed by atoms with Crippen LogP contribution in [0.3, 0.4) is 0 Å². The molecule has 0 radical (unpaired) electrons. The Balaban J connectivity index is 0.00000192. The van der Waals surface area contributed by atoms with Crippen LogP contribution in [0.1, 0.15) is 19.7 Å². The largest absolute Gasteiger partial charge is 1.00 e. The van der Waals surface area contributed by atoms with Crippen LogP contribution in [-0.4, -0.2) is 10.5 Å². The molecule has 120 valence electrons. The minimum atomic E-state index is -0.0541. The summed E-state index contributed by atoms with van der Waals surface area (Å²) in [5.74, 6) is 1.12. The Morgan fingerprint density at radius 2 is 1.87 bits per heavy atom. The molecule has 5 heteroatoms. The van der Waals surface area contributed by atoms with Gasteiger partial charge in [0.15, 0.2) is 11.0 Å². The number of halogens is 1. The van der Waals surface area contributed by atoms with Crippen molar-refractivity contribution >= 4 is 22.6 Å². The highest BCUT2D eigenvalue weighted by molar-refractivity contribution is 5.91. The van der Waals surface area contributed by atoms with Crippen LogP contribution < -0.4 is 33.9 Å². The third-order valence-electron chi connectivity index (χ3n) is 3.87. The summed E-state index contributed by atoms with van der Waals surface area (Å²) < 4.78 is 4.50. The van der Waals surface area contributed by atoms with Gasteiger partial charge in [0.25, 0.3) is 5.82 Å². The van der Waals surface area contributed by atoms with Crippen LogP contribution in [0.2, 0.25) is 0 Å². The molecule has 2 aromatic carbocycles. The number of para-hydroxylation sites is 1. The maximum Gasteiger partial charge on any atom is 0.259 e. The molecule has 0 saturated carbocycles. The molecule has 0 fully saturated rings. The van der Waals surface area contributed by atoms with Crippen LogP contribution in [0, 0.1) is 6.92 Å². The van der Waals surface area contributed by atoms with Crippen LogP contribution in [-0.2, 0) is 11.3 Å². The van der Waals surface area contributed by atoms with Crippen LogP contribution in [0.15, 0.2) is 48.5 Å². The molecule has 1 heterocycles. The molecule has 3 rings (SSSR count). The van der Waals surface area contributed by atoms with E-state index in [1.54, 1.807) is 0 Å². The summed E-state index contributed by atoms with van der Waals surface area (Å²) in [6.45, 7) is 6.66. The number of carbonyl (C=O) groups is 1. The molecule has 23 heavy (non-hydrogen) atoms. The molecule has 1 amide bonds. The Morgan fingerprint density at radius 1 is 1.17 bits per heavy atom. The Kier molecular flexibility index (Phi) is 5.41. The van der Waals surface area contributed by atoms with Crippen LogP contribution in [0.25, 0.3) is 16.7 Å². The minimum absolute atomic E-state index is 0. The number of nitrogens with one attached hydrogen (secondary N) is 1. The third-order valence-corrected chi connectivity index (χ3v) is 3.87. The van der Waals surface area contributed by atoms with E-state index in [1.165, 1.54) is 12.7 Å². The fourth-order valence-corrected chi connectivity index (χ4v) is 2.98. The molecule has 0 aliphatic heterocycles. The van der Waals surface area contributed by atoms with E-state index in [0.717, 1.165) is 29.0 Å². The number of nitrogens with zero attached hydrogens (tertiary/aromatic N) is 2. The van der Waals surface area contributed by atoms with E-state index < -0.39 is 0 Å². The Hall–Kier alpha value is -1.89. The highest BCUT2D eigenvalue weighted by atomic mass is 127. The summed E-state index contributed by atoms with van der Waals surface area (Å²) in [6, 6.07) is 16.4. The smallest absolute Gasteiger partial charge is 0.259 e. The lowest BCUT2D eigenvalue weighted by Crippen LogP contribution is -3.00. The first-order chi connectivity index (χ1) is 10.6. The Morgan fingerprint density at radius 3 is 2.48 bits per heavy atom. The topological polar surface area (TPSA) is 37.9 Å². The average molecular weight is 421 g/mol. The lowest BCUT2D eigenvalue weighted by atomic mass is 10.2. The van der Waals surface area contributed by atoms with Crippen LogP contribution in [0.5, 0.6) is 0 Å². The quantitative estimate of drug-likeness (QED) is 0.477. The number of carbonyl (C=O) groups excluding carboxylic acids is 1. The molecular formula is C18H20IN3O. The molecular weight excluding hydrogens is 401 g/mol. The van der Waals surface area contributed by atoms with Gasteiger partial charge in [0.1, 0.15) is 5.69 Å². The van der Waals surface area contributed by atoms with Crippen molar-refractivity contribution < 1.29 is 33.3 Å². The second kappa shape index (κ2) is 7.12. The van der Waals surface area contributed by atoms with Crippen molar-refractivity contribution in [1.29, 1.82) is 0 Å². The number of imidazole rings is 1. The fraction of sp³-hybridized carbons (Fsp3) is 0.222. The molecule has 1 N–H and O–H groups in total. The number of benzene rings is 2. The summed E-state index contributed by atoms with van der Waals surface area (Å²) in [5.41, 5.74) is 4.23. The molecule has 0 aliphatic carbocycles. The normalized spacial score (nSPS) is 10.4. The van der Waals surface area contributed by atoms with Crippen molar-refractivity contribution in [2.75, 3.05) is 5.32 Å². The number of amides is 1. The second-order valence-electron chi connectivity index (χ2n) is 5.35. The van der Waals surface area contributed by atoms with Gasteiger partial charge in [-0.05, 0) is 31.2 Å². The maximum absolute atomic E-state index is 11.3. The van der Waals surface area contributed by atoms with Crippen LogP contribution >= 0.6 is 0 Å². The summed E-state index contributed by atoms with van der Waals surface area (Å²) in [5, 5.41) is 2.86. The van der Waals surface area contributed by atoms with Crippen molar-refractivity contribution in [3.8, 4) is 5.69 Å². The van der Waals surface area contributed by atoms with Crippen molar-refractivity contribution in [3.05, 3.63) is 54.4 Å². The van der Waals surface area contributed by atoms with Gasteiger partial charge in [0, 0.05) is 25.6 Å². The molecule has 1 aromatic heterocycles. The first-order valence-electron chi connectivity index (χ1n) is 7.49. The van der Waals surface area contributed by atoms with Gasteiger partial charge in [-0.2, -0.15) is 4.57 Å². The lowest BCUT2D eigenvalue weighted by Gasteiger charge is -2.01. The molecule has 0 spiro atoms. The SMILES string of the molecule is CC[n+]1c(C)n(-c2ccccc2)c2ccc(NC(C)=O)cc21.[I-]. The van der Waals surface area contributed by atoms with Crippen molar-refractivity contribution in [3.63, 3.8) is 0 Å². The summed E-state index contributed by atoms with van der Waals surface area (Å²) in [4.78, 5) is 11.3. The molecule has 3 aromatic rings. The van der Waals surface area contributed by atoms with Gasteiger partial charge in [0.05, 0.1) is 6.54 Å². The van der Waals surface area contributed by atoms with Gasteiger partial charge >= 0.3 is 0 Å². The fourth-order valence-electron chi connectivity index (χ4n) is 2.98. The zero-order chi connectivity index (χ0) is 15.7. The van der Waals surface area contributed by atoms with Gasteiger partial charge < -0.3 is 29.3 Å². The summed E-state index contributed by atoms with van der Waals surface area (Å²) >= 11 is 0. The van der Waals surface area contributed by atoms with Gasteiger partial charge in [-0.25, -0.2) is 4.57 Å². The number of anilines is 1. The lowest BCUT2D eigenvalue weighted by molar-refractivity contribution is -0.674. The van der Waals surface area contributed by atoms with Gasteiger partial charge in [-0.1, -0.05) is 18.2 Å². The highest BCUT2D eigenvalue weighted by Gasteiger charge is 2.22. The minimum Gasteiger partial charge on any atom is -1.00 e. The first-order valence-corrected chi connectivity index (χ1v) is 7.49. The van der Waals surface area contributed by atoms with E-state index in [4.69, 9.17) is 0 Å². The predicted octanol–water partition coefficient (Wildman–Crippen LogP) is 0.209. The molecule has 0 atom stereocenters. The number of rotatable bonds is 3. The number of hydrogen-bond donors (Lipinski definition) is 1. The molecule has 0 saturated heterocycles. The zero-order valence-corrected chi connectivity index (χ0v) is 15.7. The summed E-state index contributed by atoms with van der Waals surface area (Å²) in [6.07, 6.45) is 0. The molecule has 0 unspecified atom stereocenters. The standard InChI is InChI=1S/C18H19N3O.HI/c1-4-20-14(3)21(16-8-6-5-7-9-16)17-11-10-15(12-18(17)20)19-13(2)22;/h5-12H,4H2,1-3H3;1H. The van der Waals surface area contributed by atoms with Gasteiger partial charge in [0.2, 0.25) is 5.91 Å². The predicted molar refractivity (Wildman–Crippen MR) is 88.2 cm³/mol. The van der Waals surface area contributed by atoms with E-state index in [9.17, 15) is 4.79 Å². The number of fused-ring (bicyclic) bond motifs is 1.